The molecular weight excluding hydrogens is 314 g/mol. The monoisotopic (exact) mass is 325 g/mol. The van der Waals surface area contributed by atoms with Crippen molar-refractivity contribution in [3.8, 4) is 0 Å². The van der Waals surface area contributed by atoms with E-state index in [1.165, 1.54) is 0 Å². The van der Waals surface area contributed by atoms with Gasteiger partial charge in [0.15, 0.2) is 8.32 Å². The molecule has 0 heterocycles. The van der Waals surface area contributed by atoms with Gasteiger partial charge in [-0.05, 0) is 19.6 Å². The molecule has 0 spiro atoms. The van der Waals surface area contributed by atoms with Crippen molar-refractivity contribution in [2.45, 2.75) is 19.6 Å². The van der Waals surface area contributed by atoms with Crippen LogP contribution in [-0.4, -0.2) is 13.1 Å². The molecule has 0 saturated carbocycles. The molecule has 0 aromatic rings. The van der Waals surface area contributed by atoms with Crippen molar-refractivity contribution in [3.05, 3.63) is 0 Å². The second kappa shape index (κ2) is 5.06. The Kier molecular flexibility index (Phi) is 6.73. The van der Waals surface area contributed by atoms with Crippen molar-refractivity contribution in [1.29, 1.82) is 0 Å². The van der Waals surface area contributed by atoms with Crippen LogP contribution in [0.3, 0.4) is 0 Å². The summed E-state index contributed by atoms with van der Waals surface area (Å²) in [7, 11) is -1.61. The number of rotatable bonds is 0. The fourth-order valence-corrected chi connectivity index (χ4v) is 0. The van der Waals surface area contributed by atoms with Crippen LogP contribution in [0.15, 0.2) is 0 Å². The van der Waals surface area contributed by atoms with Gasteiger partial charge in [0.25, 0.3) is 0 Å². The summed E-state index contributed by atoms with van der Waals surface area (Å²) in [6.07, 6.45) is 0. The number of hydrogen-bond acceptors (Lipinski definition) is 4. The molecule has 0 rings (SSSR count). The van der Waals surface area contributed by atoms with Gasteiger partial charge in [0, 0.05) is 0 Å². The topological polar surface area (TPSA) is 71.4 Å². The first kappa shape index (κ1) is 12.0. The molecule has 57 valence electrons. The summed E-state index contributed by atoms with van der Waals surface area (Å²) in [5, 5.41) is 0. The molecule has 0 aliphatic heterocycles. The van der Waals surface area contributed by atoms with Crippen LogP contribution in [0.4, 0.5) is 0 Å². The third-order valence-electron chi connectivity index (χ3n) is 0. The molecule has 6 heteroatoms. The fraction of sp³-hybridized carbons (Fsp3) is 1.00. The molecule has 0 aromatic carbocycles. The van der Waals surface area contributed by atoms with E-state index in [2.05, 4.69) is 0 Å². The molecule has 0 fully saturated rings. The average molecular weight is 324 g/mol. The van der Waals surface area contributed by atoms with Crippen molar-refractivity contribution < 1.29 is 31.8 Å². The SMILES string of the molecule is C[Si](C)(C)O.[O]=[Re](=[O])=[O]. The van der Waals surface area contributed by atoms with Gasteiger partial charge in [-0.15, -0.1) is 0 Å². The van der Waals surface area contributed by atoms with Gasteiger partial charge in [0.2, 0.25) is 0 Å². The summed E-state index contributed by atoms with van der Waals surface area (Å²) < 4.78 is 25.8. The Bertz CT molecular complexity index is 137. The van der Waals surface area contributed by atoms with Crippen molar-refractivity contribution in [2.24, 2.45) is 0 Å². The van der Waals surface area contributed by atoms with Crippen LogP contribution < -0.4 is 0 Å². The third-order valence-corrected chi connectivity index (χ3v) is 0. The van der Waals surface area contributed by atoms with Crippen LogP contribution in [0.5, 0.6) is 0 Å². The van der Waals surface area contributed by atoms with Gasteiger partial charge in [0.1, 0.15) is 0 Å². The summed E-state index contributed by atoms with van der Waals surface area (Å²) in [4.78, 5) is 8.66. The maximum absolute atomic E-state index is 8.66. The van der Waals surface area contributed by atoms with Gasteiger partial charge in [-0.2, -0.15) is 0 Å². The Hall–Kier alpha value is 0.239. The zero-order chi connectivity index (χ0) is 8.08. The van der Waals surface area contributed by atoms with E-state index in [0.29, 0.717) is 0 Å². The molecule has 4 nitrogen and oxygen atoms in total. The maximum atomic E-state index is 8.66. The van der Waals surface area contributed by atoms with Gasteiger partial charge in [0.05, 0.1) is 0 Å². The Labute approximate surface area is 60.2 Å². The first-order valence-electron chi connectivity index (χ1n) is 2.19. The average Bonchev–Trinajstić information content (AvgIpc) is 1.19. The van der Waals surface area contributed by atoms with Gasteiger partial charge >= 0.3 is 27.0 Å². The summed E-state index contributed by atoms with van der Waals surface area (Å²) in [5.74, 6) is 0. The van der Waals surface area contributed by atoms with E-state index in [1.54, 1.807) is 0 Å². The van der Waals surface area contributed by atoms with E-state index in [9.17, 15) is 0 Å². The first-order chi connectivity index (χ1) is 3.73. The van der Waals surface area contributed by atoms with E-state index < -0.39 is 25.0 Å². The molecule has 0 aliphatic rings. The van der Waals surface area contributed by atoms with Crippen molar-refractivity contribution in [1.82, 2.24) is 0 Å². The third kappa shape index (κ3) is 5600. The molecule has 1 N–H and O–H groups in total. The first-order valence-corrected chi connectivity index (χ1v) is 8.96. The second-order valence-electron chi connectivity index (χ2n) is 2.36. The molecule has 0 radical (unpaired) electrons. The minimum absolute atomic E-state index is 1.61. The van der Waals surface area contributed by atoms with Gasteiger partial charge in [-0.1, -0.05) is 0 Å². The molecule has 9 heavy (non-hydrogen) atoms. The zero-order valence-electron chi connectivity index (χ0n) is 5.55. The van der Waals surface area contributed by atoms with E-state index in [0.717, 1.165) is 0 Å². The summed E-state index contributed by atoms with van der Waals surface area (Å²) in [5.41, 5.74) is 0. The Balaban J connectivity index is 0. The predicted molar refractivity (Wildman–Crippen MR) is 27.6 cm³/mol. The molecule has 0 unspecified atom stereocenters. The van der Waals surface area contributed by atoms with Crippen LogP contribution >= 0.6 is 0 Å². The quantitative estimate of drug-likeness (QED) is 0.657. The summed E-state index contributed by atoms with van der Waals surface area (Å²) in [6, 6.07) is 0. The van der Waals surface area contributed by atoms with Crippen molar-refractivity contribution in [2.75, 3.05) is 0 Å². The second-order valence-corrected chi connectivity index (χ2v) is 8.06. The van der Waals surface area contributed by atoms with Crippen LogP contribution in [0, 0.1) is 0 Å². The van der Waals surface area contributed by atoms with Gasteiger partial charge in [-0.25, -0.2) is 0 Å². The normalized spacial score (nSPS) is 9.33. The molecular formula is C3H10O4ReSi. The van der Waals surface area contributed by atoms with Gasteiger partial charge in [-0.3, -0.25) is 0 Å². The number of hydrogen-bond donors (Lipinski definition) is 1. The minimum atomic E-state index is -4.21. The molecule has 0 atom stereocenters. The van der Waals surface area contributed by atoms with Crippen LogP contribution in [0.2, 0.25) is 19.6 Å². The van der Waals surface area contributed by atoms with Crippen molar-refractivity contribution >= 4 is 8.32 Å². The van der Waals surface area contributed by atoms with E-state index in [1.807, 2.05) is 19.6 Å². The van der Waals surface area contributed by atoms with Crippen molar-refractivity contribution in [3.63, 3.8) is 0 Å². The van der Waals surface area contributed by atoms with Crippen LogP contribution in [0.1, 0.15) is 0 Å². The fourth-order valence-electron chi connectivity index (χ4n) is 0. The summed E-state index contributed by atoms with van der Waals surface area (Å²) in [6.45, 7) is 5.65. The molecule has 0 saturated heterocycles. The molecule has 0 aliphatic carbocycles. The molecule has 0 bridgehead atoms. The molecule has 0 amide bonds. The van der Waals surface area contributed by atoms with Crippen LogP contribution in [-0.2, 0) is 27.0 Å². The van der Waals surface area contributed by atoms with E-state index >= 15 is 0 Å². The van der Waals surface area contributed by atoms with Crippen LogP contribution in [0.25, 0.3) is 0 Å². The van der Waals surface area contributed by atoms with E-state index in [-0.39, 0.29) is 0 Å². The zero-order valence-corrected chi connectivity index (χ0v) is 9.27. The standard InChI is InChI=1S/C3H10OSi.3O.Re/c1-5(2,3)4;;;;/h4H,1-3H3;;;;. The Morgan fingerprint density at radius 3 is 1.11 bits per heavy atom. The summed E-state index contributed by atoms with van der Waals surface area (Å²) >= 11 is -4.21. The Morgan fingerprint density at radius 1 is 1.11 bits per heavy atom. The van der Waals surface area contributed by atoms with E-state index in [4.69, 9.17) is 15.2 Å². The molecule has 0 aromatic heterocycles. The Morgan fingerprint density at radius 2 is 1.11 bits per heavy atom. The van der Waals surface area contributed by atoms with Gasteiger partial charge < -0.3 is 4.80 Å². The predicted octanol–water partition coefficient (Wildman–Crippen LogP) is 0.455.